The zero-order valence-electron chi connectivity index (χ0n) is 9.50. The van der Waals surface area contributed by atoms with Crippen LogP contribution in [0.3, 0.4) is 0 Å². The topological polar surface area (TPSA) is 12.0 Å². The first-order chi connectivity index (χ1) is 8.22. The molecule has 88 valence electrons. The summed E-state index contributed by atoms with van der Waals surface area (Å²) in [6.07, 6.45) is 0. The lowest BCUT2D eigenvalue weighted by Crippen LogP contribution is -2.06. The lowest BCUT2D eigenvalue weighted by molar-refractivity contribution is 0.628. The average molecular weight is 250 g/mol. The molecular weight excluding hydrogens is 237 g/mol. The largest absolute Gasteiger partial charge is 0.316 e. The van der Waals surface area contributed by atoms with Crippen molar-refractivity contribution in [1.29, 1.82) is 0 Å². The molecule has 0 saturated heterocycles. The van der Waals surface area contributed by atoms with Crippen LogP contribution < -0.4 is 5.32 Å². The van der Waals surface area contributed by atoms with E-state index in [1.165, 1.54) is 6.07 Å². The fourth-order valence-corrected chi connectivity index (χ4v) is 1.99. The first-order valence-corrected chi connectivity index (χ1v) is 5.78. The van der Waals surface area contributed by atoms with Gasteiger partial charge >= 0.3 is 0 Å². The zero-order chi connectivity index (χ0) is 12.3. The molecule has 0 saturated carbocycles. The van der Waals surface area contributed by atoms with E-state index in [-0.39, 0.29) is 10.8 Å². The zero-order valence-corrected chi connectivity index (χ0v) is 10.3. The first-order valence-electron chi connectivity index (χ1n) is 5.40. The Bertz CT molecular complexity index is 525. The molecule has 0 aliphatic heterocycles. The number of hydrogen-bond acceptors (Lipinski definition) is 1. The van der Waals surface area contributed by atoms with Gasteiger partial charge in [0.05, 0.1) is 5.02 Å². The minimum atomic E-state index is -0.387. The summed E-state index contributed by atoms with van der Waals surface area (Å²) in [6.45, 7) is 0.769. The van der Waals surface area contributed by atoms with Crippen molar-refractivity contribution in [2.75, 3.05) is 7.05 Å². The molecule has 0 fully saturated rings. The molecule has 2 rings (SSSR count). The van der Waals surface area contributed by atoms with Crippen LogP contribution in [-0.2, 0) is 6.54 Å². The Morgan fingerprint density at radius 3 is 2.65 bits per heavy atom. The third kappa shape index (κ3) is 2.65. The van der Waals surface area contributed by atoms with Crippen LogP contribution in [0.15, 0.2) is 42.5 Å². The van der Waals surface area contributed by atoms with Crippen LogP contribution in [0.2, 0.25) is 5.02 Å². The van der Waals surface area contributed by atoms with E-state index in [1.54, 1.807) is 12.1 Å². The molecule has 1 nitrogen and oxygen atoms in total. The molecule has 2 aromatic carbocycles. The summed E-state index contributed by atoms with van der Waals surface area (Å²) in [5, 5.41) is 3.27. The summed E-state index contributed by atoms with van der Waals surface area (Å²) in [5.74, 6) is -0.387. The Hall–Kier alpha value is -1.38. The van der Waals surface area contributed by atoms with Gasteiger partial charge < -0.3 is 5.32 Å². The van der Waals surface area contributed by atoms with Crippen molar-refractivity contribution >= 4 is 11.6 Å². The fraction of sp³-hybridized carbons (Fsp3) is 0.143. The first kappa shape index (κ1) is 12.1. The van der Waals surface area contributed by atoms with E-state index < -0.39 is 0 Å². The van der Waals surface area contributed by atoms with Gasteiger partial charge in [-0.1, -0.05) is 41.9 Å². The number of hydrogen-bond donors (Lipinski definition) is 1. The maximum absolute atomic E-state index is 13.1. The van der Waals surface area contributed by atoms with Gasteiger partial charge in [0.2, 0.25) is 0 Å². The molecule has 1 N–H and O–H groups in total. The molecule has 0 amide bonds. The van der Waals surface area contributed by atoms with E-state index in [0.717, 1.165) is 23.2 Å². The molecule has 0 aromatic heterocycles. The van der Waals surface area contributed by atoms with E-state index in [4.69, 9.17) is 11.6 Å². The Morgan fingerprint density at radius 2 is 1.94 bits per heavy atom. The second-order valence-corrected chi connectivity index (χ2v) is 4.22. The summed E-state index contributed by atoms with van der Waals surface area (Å²) in [7, 11) is 1.90. The highest BCUT2D eigenvalue weighted by Crippen LogP contribution is 2.27. The van der Waals surface area contributed by atoms with Crippen LogP contribution in [0.25, 0.3) is 11.1 Å². The van der Waals surface area contributed by atoms with Gasteiger partial charge in [-0.05, 0) is 35.9 Å². The highest BCUT2D eigenvalue weighted by Gasteiger charge is 2.06. The van der Waals surface area contributed by atoms with Crippen molar-refractivity contribution in [2.45, 2.75) is 6.54 Å². The maximum atomic E-state index is 13.1. The normalized spacial score (nSPS) is 10.5. The van der Waals surface area contributed by atoms with Crippen LogP contribution in [0.4, 0.5) is 4.39 Å². The van der Waals surface area contributed by atoms with Gasteiger partial charge in [-0.15, -0.1) is 0 Å². The van der Waals surface area contributed by atoms with Gasteiger partial charge in [0.25, 0.3) is 0 Å². The fourth-order valence-electron chi connectivity index (χ4n) is 1.81. The highest BCUT2D eigenvalue weighted by atomic mass is 35.5. The summed E-state index contributed by atoms with van der Waals surface area (Å²) in [4.78, 5) is 0. The molecule has 0 radical (unpaired) electrons. The molecule has 17 heavy (non-hydrogen) atoms. The van der Waals surface area contributed by atoms with Crippen molar-refractivity contribution in [2.24, 2.45) is 0 Å². The SMILES string of the molecule is CNCc1ccccc1-c1ccc(F)c(Cl)c1. The molecule has 0 spiro atoms. The lowest BCUT2D eigenvalue weighted by atomic mass is 10.00. The molecule has 0 unspecified atom stereocenters. The van der Waals surface area contributed by atoms with Crippen molar-refractivity contribution in [3.63, 3.8) is 0 Å². The molecule has 0 heterocycles. The van der Waals surface area contributed by atoms with Crippen LogP contribution in [0.5, 0.6) is 0 Å². The molecular formula is C14H13ClFN. The molecule has 2 aromatic rings. The third-order valence-electron chi connectivity index (χ3n) is 2.62. The minimum Gasteiger partial charge on any atom is -0.316 e. The molecule has 0 aliphatic rings. The Balaban J connectivity index is 2.48. The summed E-state index contributed by atoms with van der Waals surface area (Å²) in [5.41, 5.74) is 3.17. The van der Waals surface area contributed by atoms with Crippen LogP contribution in [0.1, 0.15) is 5.56 Å². The van der Waals surface area contributed by atoms with Crippen LogP contribution in [-0.4, -0.2) is 7.05 Å². The van der Waals surface area contributed by atoms with E-state index >= 15 is 0 Å². The second kappa shape index (κ2) is 5.30. The van der Waals surface area contributed by atoms with Gasteiger partial charge in [-0.3, -0.25) is 0 Å². The quantitative estimate of drug-likeness (QED) is 0.871. The van der Waals surface area contributed by atoms with Gasteiger partial charge in [-0.25, -0.2) is 4.39 Å². The van der Waals surface area contributed by atoms with Gasteiger partial charge in [0.15, 0.2) is 0 Å². The molecule has 3 heteroatoms. The van der Waals surface area contributed by atoms with E-state index in [0.29, 0.717) is 0 Å². The number of nitrogens with one attached hydrogen (secondary N) is 1. The highest BCUT2D eigenvalue weighted by molar-refractivity contribution is 6.31. The predicted molar refractivity (Wildman–Crippen MR) is 69.6 cm³/mol. The number of benzene rings is 2. The maximum Gasteiger partial charge on any atom is 0.141 e. The Morgan fingerprint density at radius 1 is 1.18 bits per heavy atom. The third-order valence-corrected chi connectivity index (χ3v) is 2.90. The summed E-state index contributed by atoms with van der Waals surface area (Å²) in [6, 6.07) is 12.8. The number of rotatable bonds is 3. The van der Waals surface area contributed by atoms with Gasteiger partial charge in [0.1, 0.15) is 5.82 Å². The van der Waals surface area contributed by atoms with E-state index in [9.17, 15) is 4.39 Å². The monoisotopic (exact) mass is 249 g/mol. The van der Waals surface area contributed by atoms with Crippen molar-refractivity contribution in [3.8, 4) is 11.1 Å². The smallest absolute Gasteiger partial charge is 0.141 e. The Labute approximate surface area is 105 Å². The number of halogens is 2. The summed E-state index contributed by atoms with van der Waals surface area (Å²) < 4.78 is 13.1. The van der Waals surface area contributed by atoms with E-state index in [2.05, 4.69) is 5.32 Å². The summed E-state index contributed by atoms with van der Waals surface area (Å²) >= 11 is 5.80. The predicted octanol–water partition coefficient (Wildman–Crippen LogP) is 3.87. The van der Waals surface area contributed by atoms with Crippen LogP contribution >= 0.6 is 11.6 Å². The molecule has 0 bridgehead atoms. The van der Waals surface area contributed by atoms with E-state index in [1.807, 2.05) is 31.3 Å². The average Bonchev–Trinajstić information content (AvgIpc) is 2.34. The molecule has 0 atom stereocenters. The van der Waals surface area contributed by atoms with Gasteiger partial charge in [0, 0.05) is 6.54 Å². The standard InChI is InChI=1S/C14H13ClFN/c1-17-9-11-4-2-3-5-12(11)10-6-7-14(16)13(15)8-10/h2-8,17H,9H2,1H3. The second-order valence-electron chi connectivity index (χ2n) is 3.82. The van der Waals surface area contributed by atoms with Crippen molar-refractivity contribution in [1.82, 2.24) is 5.32 Å². The minimum absolute atomic E-state index is 0.154. The van der Waals surface area contributed by atoms with Crippen molar-refractivity contribution < 1.29 is 4.39 Å². The molecule has 0 aliphatic carbocycles. The van der Waals surface area contributed by atoms with Crippen LogP contribution in [0, 0.1) is 5.82 Å². The lowest BCUT2D eigenvalue weighted by Gasteiger charge is -2.09. The Kier molecular flexibility index (Phi) is 3.77. The van der Waals surface area contributed by atoms with Gasteiger partial charge in [-0.2, -0.15) is 0 Å². The van der Waals surface area contributed by atoms with Crippen molar-refractivity contribution in [3.05, 3.63) is 58.9 Å².